The largest absolute Gasteiger partial charge is 0.508 e. The Labute approximate surface area is 142 Å². The highest BCUT2D eigenvalue weighted by molar-refractivity contribution is 5.90. The molecule has 1 saturated heterocycles. The minimum Gasteiger partial charge on any atom is -0.508 e. The highest BCUT2D eigenvalue weighted by Crippen LogP contribution is 2.66. The molecule has 1 aromatic rings. The summed E-state index contributed by atoms with van der Waals surface area (Å²) in [6.07, 6.45) is 2.98. The second kappa shape index (κ2) is 4.68. The number of carbonyl (C=O) groups is 1. The van der Waals surface area contributed by atoms with Gasteiger partial charge >= 0.3 is 5.97 Å². The highest BCUT2D eigenvalue weighted by Gasteiger charge is 2.65. The molecule has 0 amide bonds. The summed E-state index contributed by atoms with van der Waals surface area (Å²) in [5.41, 5.74) is 1.25. The summed E-state index contributed by atoms with van der Waals surface area (Å²) in [7, 11) is 0. The normalized spacial score (nSPS) is 33.1. The van der Waals surface area contributed by atoms with Crippen molar-refractivity contribution in [3.05, 3.63) is 22.8 Å². The number of phenols is 2. The molecule has 1 saturated carbocycles. The number of carbonyl (C=O) groups excluding carboxylic acids is 1. The van der Waals surface area contributed by atoms with Gasteiger partial charge in [0.25, 0.3) is 0 Å². The molecule has 3 atom stereocenters. The lowest BCUT2D eigenvalue weighted by molar-refractivity contribution is -0.185. The molecular formula is C20H26O4. The minimum absolute atomic E-state index is 0.0202. The fourth-order valence-electron chi connectivity index (χ4n) is 5.60. The van der Waals surface area contributed by atoms with Gasteiger partial charge in [0.05, 0.1) is 0 Å². The van der Waals surface area contributed by atoms with Crippen LogP contribution in [0.4, 0.5) is 0 Å². The lowest BCUT2D eigenvalue weighted by Gasteiger charge is -2.58. The molecule has 2 aliphatic heterocycles. The fraction of sp³-hybridized carbons (Fsp3) is 0.650. The van der Waals surface area contributed by atoms with Crippen LogP contribution in [0.25, 0.3) is 0 Å². The van der Waals surface area contributed by atoms with Gasteiger partial charge in [0.1, 0.15) is 23.0 Å². The van der Waals surface area contributed by atoms with E-state index in [1.165, 1.54) is 0 Å². The first-order valence-corrected chi connectivity index (χ1v) is 9.00. The Kier molecular flexibility index (Phi) is 3.08. The topological polar surface area (TPSA) is 66.8 Å². The van der Waals surface area contributed by atoms with Crippen LogP contribution in [0.15, 0.2) is 6.07 Å². The van der Waals surface area contributed by atoms with E-state index in [1.807, 2.05) is 13.8 Å². The van der Waals surface area contributed by atoms with E-state index >= 15 is 0 Å². The lowest BCUT2D eigenvalue weighted by atomic mass is 9.47. The summed E-state index contributed by atoms with van der Waals surface area (Å²) in [6.45, 7) is 8.40. The van der Waals surface area contributed by atoms with Crippen LogP contribution >= 0.6 is 0 Å². The van der Waals surface area contributed by atoms with Crippen molar-refractivity contribution in [3.63, 3.8) is 0 Å². The van der Waals surface area contributed by atoms with E-state index in [4.69, 9.17) is 4.74 Å². The van der Waals surface area contributed by atoms with Gasteiger partial charge in [-0.05, 0) is 42.6 Å². The van der Waals surface area contributed by atoms with E-state index in [9.17, 15) is 15.0 Å². The van der Waals surface area contributed by atoms with E-state index in [-0.39, 0.29) is 34.7 Å². The Hall–Kier alpha value is -1.71. The standard InChI is InChI=1S/C20H26O4/c1-10(2)11-8-12(21)16-15(17(11)22)13-9-14-19(3,4)6-5-7-20(14,16)18(23)24-13/h8,10,13-14,21-22H,5-7,9H2,1-4H3. The maximum absolute atomic E-state index is 12.9. The van der Waals surface area contributed by atoms with Crippen LogP contribution in [0, 0.1) is 11.3 Å². The van der Waals surface area contributed by atoms with Crippen LogP contribution in [0.1, 0.15) is 82.1 Å². The Morgan fingerprint density at radius 2 is 1.96 bits per heavy atom. The smallest absolute Gasteiger partial charge is 0.317 e. The Bertz CT molecular complexity index is 734. The Morgan fingerprint density at radius 1 is 1.25 bits per heavy atom. The minimum atomic E-state index is -0.803. The molecule has 2 aliphatic carbocycles. The third-order valence-electron chi connectivity index (χ3n) is 6.73. The molecule has 2 fully saturated rings. The molecule has 24 heavy (non-hydrogen) atoms. The van der Waals surface area contributed by atoms with Gasteiger partial charge in [-0.2, -0.15) is 0 Å². The quantitative estimate of drug-likeness (QED) is 0.595. The van der Waals surface area contributed by atoms with Gasteiger partial charge in [0.15, 0.2) is 0 Å². The van der Waals surface area contributed by atoms with E-state index < -0.39 is 11.5 Å². The average Bonchev–Trinajstić information content (AvgIpc) is 2.49. The first-order valence-electron chi connectivity index (χ1n) is 9.00. The van der Waals surface area contributed by atoms with Crippen LogP contribution in [-0.2, 0) is 14.9 Å². The number of ether oxygens (including phenoxy) is 1. The van der Waals surface area contributed by atoms with Crippen LogP contribution in [0.3, 0.4) is 0 Å². The summed E-state index contributed by atoms with van der Waals surface area (Å²) < 4.78 is 5.73. The molecular weight excluding hydrogens is 304 g/mol. The first kappa shape index (κ1) is 15.8. The van der Waals surface area contributed by atoms with E-state index in [2.05, 4.69) is 13.8 Å². The predicted octanol–water partition coefficient (Wildman–Crippen LogP) is 4.29. The van der Waals surface area contributed by atoms with Gasteiger partial charge in [-0.3, -0.25) is 4.79 Å². The zero-order chi connectivity index (χ0) is 17.4. The van der Waals surface area contributed by atoms with Gasteiger partial charge in [-0.1, -0.05) is 34.1 Å². The zero-order valence-electron chi connectivity index (χ0n) is 14.8. The van der Waals surface area contributed by atoms with Gasteiger partial charge < -0.3 is 14.9 Å². The van der Waals surface area contributed by atoms with Crippen LogP contribution in [-0.4, -0.2) is 16.2 Å². The number of hydrogen-bond donors (Lipinski definition) is 2. The summed E-state index contributed by atoms with van der Waals surface area (Å²) in [5.74, 6) is 0.379. The van der Waals surface area contributed by atoms with Crippen LogP contribution in [0.5, 0.6) is 11.5 Å². The number of esters is 1. The maximum Gasteiger partial charge on any atom is 0.317 e. The zero-order valence-corrected chi connectivity index (χ0v) is 14.8. The molecule has 4 heteroatoms. The molecule has 130 valence electrons. The third kappa shape index (κ3) is 1.72. The maximum atomic E-state index is 12.9. The number of benzene rings is 1. The molecule has 4 nitrogen and oxygen atoms in total. The molecule has 1 aromatic carbocycles. The molecule has 2 heterocycles. The van der Waals surface area contributed by atoms with Gasteiger partial charge in [-0.15, -0.1) is 0 Å². The van der Waals surface area contributed by atoms with Crippen molar-refractivity contribution in [2.45, 2.75) is 70.8 Å². The van der Waals surface area contributed by atoms with Crippen molar-refractivity contribution >= 4 is 5.97 Å². The molecule has 3 unspecified atom stereocenters. The van der Waals surface area contributed by atoms with Gasteiger partial charge in [0.2, 0.25) is 0 Å². The number of rotatable bonds is 1. The SMILES string of the molecule is CC(C)c1cc(O)c2c(c1O)C1CC3C(C)(C)CCCC23C(=O)O1. The van der Waals surface area contributed by atoms with E-state index in [0.717, 1.165) is 24.8 Å². The van der Waals surface area contributed by atoms with Gasteiger partial charge in [-0.25, -0.2) is 0 Å². The van der Waals surface area contributed by atoms with Crippen molar-refractivity contribution in [1.29, 1.82) is 0 Å². The molecule has 0 radical (unpaired) electrons. The Morgan fingerprint density at radius 3 is 2.62 bits per heavy atom. The highest BCUT2D eigenvalue weighted by atomic mass is 16.5. The summed E-state index contributed by atoms with van der Waals surface area (Å²) in [4.78, 5) is 12.9. The number of phenolic OH excluding ortho intramolecular Hbond substituents is 2. The second-order valence-electron chi connectivity index (χ2n) is 8.77. The van der Waals surface area contributed by atoms with Crippen molar-refractivity contribution < 1.29 is 19.7 Å². The van der Waals surface area contributed by atoms with Crippen LogP contribution in [0.2, 0.25) is 0 Å². The molecule has 2 bridgehead atoms. The molecule has 2 N–H and O–H groups in total. The number of aromatic hydroxyl groups is 2. The molecule has 5 rings (SSSR count). The van der Waals surface area contributed by atoms with Crippen molar-refractivity contribution in [2.75, 3.05) is 0 Å². The second-order valence-corrected chi connectivity index (χ2v) is 8.77. The summed E-state index contributed by atoms with van der Waals surface area (Å²) in [5, 5.41) is 21.7. The Balaban J connectivity index is 2.03. The average molecular weight is 330 g/mol. The molecule has 1 spiro atoms. The lowest BCUT2D eigenvalue weighted by Crippen LogP contribution is -2.59. The van der Waals surface area contributed by atoms with E-state index in [0.29, 0.717) is 17.5 Å². The number of fused-ring (bicyclic) bond motifs is 1. The monoisotopic (exact) mass is 330 g/mol. The number of hydrogen-bond acceptors (Lipinski definition) is 4. The van der Waals surface area contributed by atoms with E-state index in [1.54, 1.807) is 6.07 Å². The summed E-state index contributed by atoms with van der Waals surface area (Å²) >= 11 is 0. The van der Waals surface area contributed by atoms with Crippen LogP contribution < -0.4 is 0 Å². The summed E-state index contributed by atoms with van der Waals surface area (Å²) in [6, 6.07) is 1.65. The molecule has 4 aliphatic rings. The van der Waals surface area contributed by atoms with Gasteiger partial charge in [0, 0.05) is 16.7 Å². The first-order chi connectivity index (χ1) is 11.2. The van der Waals surface area contributed by atoms with Crippen molar-refractivity contribution in [1.82, 2.24) is 0 Å². The molecule has 0 aromatic heterocycles. The predicted molar refractivity (Wildman–Crippen MR) is 90.1 cm³/mol. The van der Waals surface area contributed by atoms with Crippen molar-refractivity contribution in [2.24, 2.45) is 11.3 Å². The third-order valence-corrected chi connectivity index (χ3v) is 6.73. The fourth-order valence-corrected chi connectivity index (χ4v) is 5.60. The van der Waals surface area contributed by atoms with Crippen molar-refractivity contribution in [3.8, 4) is 11.5 Å².